The molecule has 3 heterocycles. The van der Waals surface area contributed by atoms with E-state index in [9.17, 15) is 24.6 Å². The smallest absolute Gasteiger partial charge is 0.355 e. The number of amides is 2. The Morgan fingerprint density at radius 3 is 2.45 bits per heavy atom. The fourth-order valence-corrected chi connectivity index (χ4v) is 6.67. The summed E-state index contributed by atoms with van der Waals surface area (Å²) in [5.74, 6) is -1.74. The van der Waals surface area contributed by atoms with Gasteiger partial charge in [-0.2, -0.15) is 0 Å². The van der Waals surface area contributed by atoms with Gasteiger partial charge in [-0.15, -0.1) is 11.3 Å². The van der Waals surface area contributed by atoms with Crippen LogP contribution in [0.25, 0.3) is 21.6 Å². The summed E-state index contributed by atoms with van der Waals surface area (Å²) >= 11 is 1.55. The Kier molecular flexibility index (Phi) is 8.42. The summed E-state index contributed by atoms with van der Waals surface area (Å²) in [6.07, 6.45) is 2.77. The number of carboxylic acid groups (broad SMARTS) is 1. The number of ether oxygens (including phenoxy) is 1. The van der Waals surface area contributed by atoms with Crippen molar-refractivity contribution in [1.82, 2.24) is 10.3 Å². The van der Waals surface area contributed by atoms with Crippen molar-refractivity contribution < 1.29 is 29.3 Å². The van der Waals surface area contributed by atoms with Crippen LogP contribution in [-0.2, 0) is 13.0 Å². The molecule has 2 aromatic heterocycles. The number of benzene rings is 2. The van der Waals surface area contributed by atoms with Crippen LogP contribution in [-0.4, -0.2) is 51.7 Å². The lowest BCUT2D eigenvalue weighted by molar-refractivity contribution is 0.0690. The Balaban J connectivity index is 1.41. The van der Waals surface area contributed by atoms with Gasteiger partial charge in [0.25, 0.3) is 11.8 Å². The zero-order valence-corrected chi connectivity index (χ0v) is 24.7. The molecular weight excluding hydrogens is 580 g/mol. The van der Waals surface area contributed by atoms with Crippen LogP contribution in [0.4, 0.5) is 5.69 Å². The molecule has 226 valence electrons. The number of nitrogens with zero attached hydrogens (tertiary/aromatic N) is 1. The van der Waals surface area contributed by atoms with E-state index in [1.165, 1.54) is 12.1 Å². The summed E-state index contributed by atoms with van der Waals surface area (Å²) in [5, 5.41) is 27.8. The van der Waals surface area contributed by atoms with E-state index in [-0.39, 0.29) is 34.7 Å². The second kappa shape index (κ2) is 12.6. The molecule has 6 N–H and O–H groups in total. The van der Waals surface area contributed by atoms with Gasteiger partial charge in [-0.05, 0) is 84.7 Å². The van der Waals surface area contributed by atoms with Crippen LogP contribution >= 0.6 is 11.3 Å². The van der Waals surface area contributed by atoms with E-state index in [2.05, 4.69) is 15.6 Å². The van der Waals surface area contributed by atoms with E-state index in [0.29, 0.717) is 62.3 Å². The topological polar surface area (TPSA) is 164 Å². The average Bonchev–Trinajstić information content (AvgIpc) is 3.43. The van der Waals surface area contributed by atoms with Crippen LogP contribution in [0.2, 0.25) is 0 Å². The molecule has 0 saturated heterocycles. The number of hydrogen-bond donors (Lipinski definition) is 5. The summed E-state index contributed by atoms with van der Waals surface area (Å²) in [6, 6.07) is 15.5. The molecule has 0 atom stereocenters. The van der Waals surface area contributed by atoms with Crippen molar-refractivity contribution >= 4 is 34.8 Å². The van der Waals surface area contributed by atoms with Crippen LogP contribution in [0, 0.1) is 0 Å². The number of carboxylic acids is 1. The quantitative estimate of drug-likeness (QED) is 0.198. The number of fused-ring (bicyclic) bond motifs is 3. The van der Waals surface area contributed by atoms with Crippen LogP contribution < -0.4 is 21.1 Å². The number of hydrogen-bond acceptors (Lipinski definition) is 8. The number of aliphatic hydroxyl groups excluding tert-OH is 1. The number of carbonyl (C=O) groups excluding carboxylic acids is 2. The molecule has 10 nitrogen and oxygen atoms in total. The summed E-state index contributed by atoms with van der Waals surface area (Å²) < 4.78 is 6.10. The van der Waals surface area contributed by atoms with Crippen molar-refractivity contribution in [2.75, 3.05) is 11.9 Å². The van der Waals surface area contributed by atoms with Crippen molar-refractivity contribution in [1.29, 1.82) is 0 Å². The standard InChI is InChI=1S/C33H32N4O6S/c34-17-18-1-3-20(4-2-18)35-31(39)25-15-26-28(43-13-11-19-12-14-44-30(19)26)16-24(25)23-9-10-27(37-29(23)33(41)42)32(40)36-21-5-7-22(38)8-6-21/h1-4,9-10,12,14-16,21-22,38H,5-8,11,13,17,34H2,(H,35,39)(H,36,40)(H,41,42)/t21-,22-. The summed E-state index contributed by atoms with van der Waals surface area (Å²) in [7, 11) is 0. The molecule has 44 heavy (non-hydrogen) atoms. The third-order valence-corrected chi connectivity index (χ3v) is 9.07. The molecule has 1 saturated carbocycles. The van der Waals surface area contributed by atoms with Gasteiger partial charge in [0.2, 0.25) is 0 Å². The number of nitrogens with one attached hydrogen (secondary N) is 2. The Bertz CT molecular complexity index is 1730. The number of aliphatic hydroxyl groups is 1. The normalized spacial score (nSPS) is 17.4. The number of carbonyl (C=O) groups is 3. The predicted octanol–water partition coefficient (Wildman–Crippen LogP) is 4.85. The first-order valence-corrected chi connectivity index (χ1v) is 15.4. The molecule has 0 unspecified atom stereocenters. The lowest BCUT2D eigenvalue weighted by atomic mass is 9.92. The highest BCUT2D eigenvalue weighted by atomic mass is 32.1. The molecule has 2 amide bonds. The van der Waals surface area contributed by atoms with E-state index in [0.717, 1.165) is 21.6 Å². The van der Waals surface area contributed by atoms with E-state index < -0.39 is 17.8 Å². The van der Waals surface area contributed by atoms with E-state index in [4.69, 9.17) is 10.5 Å². The Hall–Kier alpha value is -4.58. The zero-order valence-electron chi connectivity index (χ0n) is 23.8. The van der Waals surface area contributed by atoms with Crippen LogP contribution in [0.1, 0.15) is 68.1 Å². The monoisotopic (exact) mass is 612 g/mol. The van der Waals surface area contributed by atoms with Gasteiger partial charge in [-0.1, -0.05) is 12.1 Å². The first-order chi connectivity index (χ1) is 21.3. The van der Waals surface area contributed by atoms with Gasteiger partial charge >= 0.3 is 5.97 Å². The molecular formula is C33H32N4O6S. The maximum atomic E-state index is 13.9. The molecule has 0 radical (unpaired) electrons. The van der Waals surface area contributed by atoms with Crippen molar-refractivity contribution in [3.63, 3.8) is 0 Å². The molecule has 11 heteroatoms. The van der Waals surface area contributed by atoms with Gasteiger partial charge in [0.05, 0.1) is 12.7 Å². The third kappa shape index (κ3) is 6.07. The van der Waals surface area contributed by atoms with Gasteiger partial charge in [0, 0.05) is 51.8 Å². The first kappa shape index (κ1) is 29.5. The summed E-state index contributed by atoms with van der Waals surface area (Å²) in [5.41, 5.74) is 9.38. The van der Waals surface area contributed by atoms with Gasteiger partial charge < -0.3 is 31.3 Å². The molecule has 2 aliphatic rings. The molecule has 1 fully saturated rings. The molecule has 4 aromatic rings. The van der Waals surface area contributed by atoms with Gasteiger partial charge in [-0.25, -0.2) is 9.78 Å². The number of nitrogens with two attached hydrogens (primary N) is 1. The Morgan fingerprint density at radius 1 is 0.955 bits per heavy atom. The van der Waals surface area contributed by atoms with Crippen LogP contribution in [0.3, 0.4) is 0 Å². The fourth-order valence-electron chi connectivity index (χ4n) is 5.70. The van der Waals surface area contributed by atoms with Crippen LogP contribution in [0.5, 0.6) is 5.75 Å². The minimum atomic E-state index is -1.34. The number of anilines is 1. The van der Waals surface area contributed by atoms with Gasteiger partial charge in [-0.3, -0.25) is 9.59 Å². The highest BCUT2D eigenvalue weighted by molar-refractivity contribution is 7.13. The maximum Gasteiger partial charge on any atom is 0.355 e. The van der Waals surface area contributed by atoms with Gasteiger partial charge in [0.1, 0.15) is 11.4 Å². The van der Waals surface area contributed by atoms with E-state index >= 15 is 0 Å². The van der Waals surface area contributed by atoms with Crippen molar-refractivity contribution in [3.8, 4) is 27.3 Å². The highest BCUT2D eigenvalue weighted by Crippen LogP contribution is 2.43. The second-order valence-electron chi connectivity index (χ2n) is 11.0. The maximum absolute atomic E-state index is 13.9. The van der Waals surface area contributed by atoms with Gasteiger partial charge in [0.15, 0.2) is 5.69 Å². The Morgan fingerprint density at radius 2 is 1.73 bits per heavy atom. The molecule has 6 rings (SSSR count). The van der Waals surface area contributed by atoms with Crippen LogP contribution in [0.15, 0.2) is 60.0 Å². The average molecular weight is 613 g/mol. The lowest BCUT2D eigenvalue weighted by Gasteiger charge is -2.26. The SMILES string of the molecule is NCc1ccc(NC(=O)c2cc3c(cc2-c2ccc(C(=O)N[C@H]4CC[C@H](O)CC4)nc2C(=O)O)OCCc2ccsc2-3)cc1. The first-order valence-electron chi connectivity index (χ1n) is 14.5. The highest BCUT2D eigenvalue weighted by Gasteiger charge is 2.27. The van der Waals surface area contributed by atoms with Crippen molar-refractivity contribution in [3.05, 3.63) is 88.1 Å². The fraction of sp³-hybridized carbons (Fsp3) is 0.273. The Labute approximate surface area is 257 Å². The molecule has 0 spiro atoms. The molecule has 1 aliphatic carbocycles. The third-order valence-electron chi connectivity index (χ3n) is 8.08. The second-order valence-corrected chi connectivity index (χ2v) is 11.9. The van der Waals surface area contributed by atoms with E-state index in [1.54, 1.807) is 35.6 Å². The zero-order chi connectivity index (χ0) is 30.8. The van der Waals surface area contributed by atoms with Crippen molar-refractivity contribution in [2.24, 2.45) is 5.73 Å². The summed E-state index contributed by atoms with van der Waals surface area (Å²) in [6.45, 7) is 0.797. The molecule has 2 aromatic carbocycles. The number of aromatic carboxylic acids is 1. The minimum absolute atomic E-state index is 0.0440. The van der Waals surface area contributed by atoms with E-state index in [1.807, 2.05) is 23.6 Å². The number of rotatable bonds is 7. The largest absolute Gasteiger partial charge is 0.493 e. The lowest BCUT2D eigenvalue weighted by Crippen LogP contribution is -2.39. The molecule has 0 bridgehead atoms. The van der Waals surface area contributed by atoms with Crippen molar-refractivity contribution in [2.45, 2.75) is 50.8 Å². The minimum Gasteiger partial charge on any atom is -0.493 e. The number of thiophene rings is 1. The number of aromatic nitrogens is 1. The molecule has 1 aliphatic heterocycles. The predicted molar refractivity (Wildman–Crippen MR) is 167 cm³/mol. The number of pyridine rings is 1. The summed E-state index contributed by atoms with van der Waals surface area (Å²) in [4.78, 5) is 44.7.